The maximum atomic E-state index is 9.36. The summed E-state index contributed by atoms with van der Waals surface area (Å²) in [5, 5.41) is 9.36. The molecule has 2 fully saturated rings. The predicted molar refractivity (Wildman–Crippen MR) is 96.5 cm³/mol. The molecule has 2 aliphatic heterocycles. The van der Waals surface area contributed by atoms with Gasteiger partial charge in [0.2, 0.25) is 0 Å². The fourth-order valence-corrected chi connectivity index (χ4v) is 4.10. The van der Waals surface area contributed by atoms with Crippen LogP contribution < -0.4 is 9.80 Å². The zero-order valence-electron chi connectivity index (χ0n) is 13.9. The number of anilines is 2. The van der Waals surface area contributed by atoms with E-state index in [1.165, 1.54) is 11.5 Å². The van der Waals surface area contributed by atoms with Crippen LogP contribution in [-0.4, -0.2) is 83.4 Å². The lowest BCUT2D eigenvalue weighted by molar-refractivity contribution is 0.141. The third-order valence-corrected chi connectivity index (χ3v) is 5.66. The Kier molecular flexibility index (Phi) is 5.96. The van der Waals surface area contributed by atoms with E-state index in [-0.39, 0.29) is 12.6 Å². The molecule has 0 saturated carbocycles. The van der Waals surface area contributed by atoms with E-state index >= 15 is 0 Å². The van der Waals surface area contributed by atoms with Gasteiger partial charge < -0.3 is 14.9 Å². The molecule has 128 valence electrons. The molecule has 0 spiro atoms. The number of nitrogens with zero attached hydrogens (tertiary/aromatic N) is 5. The first-order valence-corrected chi connectivity index (χ1v) is 9.68. The van der Waals surface area contributed by atoms with Crippen LogP contribution in [0.5, 0.6) is 0 Å². The fourth-order valence-electron chi connectivity index (χ4n) is 3.20. The Bertz CT molecular complexity index is 497. The van der Waals surface area contributed by atoms with Crippen molar-refractivity contribution < 1.29 is 5.11 Å². The standard InChI is InChI=1S/C16H27N5OS/c1-14(12-22)19-3-2-4-20(6-5-19)15-11-16(18-13-17-15)21-7-9-23-10-8-21/h11,13-14,22H,2-10,12H2,1H3. The van der Waals surface area contributed by atoms with E-state index in [9.17, 15) is 5.11 Å². The van der Waals surface area contributed by atoms with Gasteiger partial charge in [0.1, 0.15) is 18.0 Å². The van der Waals surface area contributed by atoms with Crippen LogP contribution in [0.15, 0.2) is 12.4 Å². The highest BCUT2D eigenvalue weighted by Gasteiger charge is 2.20. The van der Waals surface area contributed by atoms with Crippen LogP contribution >= 0.6 is 11.8 Å². The number of rotatable bonds is 4. The molecule has 0 bridgehead atoms. The van der Waals surface area contributed by atoms with Crippen molar-refractivity contribution in [3.8, 4) is 0 Å². The number of aliphatic hydroxyl groups excluding tert-OH is 1. The molecule has 1 aromatic heterocycles. The number of hydrogen-bond donors (Lipinski definition) is 1. The van der Waals surface area contributed by atoms with Crippen LogP contribution in [0.4, 0.5) is 11.6 Å². The smallest absolute Gasteiger partial charge is 0.134 e. The van der Waals surface area contributed by atoms with Crippen LogP contribution in [-0.2, 0) is 0 Å². The van der Waals surface area contributed by atoms with Crippen molar-refractivity contribution in [3.05, 3.63) is 12.4 Å². The van der Waals surface area contributed by atoms with Crippen LogP contribution in [0.1, 0.15) is 13.3 Å². The van der Waals surface area contributed by atoms with Gasteiger partial charge in [0.05, 0.1) is 6.61 Å². The number of thioether (sulfide) groups is 1. The minimum Gasteiger partial charge on any atom is -0.395 e. The number of aliphatic hydroxyl groups is 1. The Morgan fingerprint density at radius 2 is 1.74 bits per heavy atom. The zero-order chi connectivity index (χ0) is 16.1. The quantitative estimate of drug-likeness (QED) is 0.877. The van der Waals surface area contributed by atoms with Gasteiger partial charge in [0.25, 0.3) is 0 Å². The highest BCUT2D eigenvalue weighted by molar-refractivity contribution is 7.99. The molecule has 3 rings (SSSR count). The summed E-state index contributed by atoms with van der Waals surface area (Å²) in [6.07, 6.45) is 2.80. The summed E-state index contributed by atoms with van der Waals surface area (Å²) >= 11 is 2.01. The molecule has 2 saturated heterocycles. The van der Waals surface area contributed by atoms with E-state index in [2.05, 4.69) is 37.7 Å². The van der Waals surface area contributed by atoms with Gasteiger partial charge in [0, 0.05) is 62.9 Å². The molecule has 6 nitrogen and oxygen atoms in total. The van der Waals surface area contributed by atoms with Gasteiger partial charge >= 0.3 is 0 Å². The van der Waals surface area contributed by atoms with Crippen molar-refractivity contribution in [1.29, 1.82) is 0 Å². The van der Waals surface area contributed by atoms with Crippen molar-refractivity contribution in [1.82, 2.24) is 14.9 Å². The van der Waals surface area contributed by atoms with Gasteiger partial charge in [-0.2, -0.15) is 11.8 Å². The molecule has 7 heteroatoms. The van der Waals surface area contributed by atoms with Gasteiger partial charge in [-0.15, -0.1) is 0 Å². The first-order valence-electron chi connectivity index (χ1n) is 8.52. The Hall–Kier alpha value is -1.05. The normalized spacial score (nSPS) is 22.0. The Balaban J connectivity index is 1.66. The highest BCUT2D eigenvalue weighted by Crippen LogP contribution is 2.22. The summed E-state index contributed by atoms with van der Waals surface area (Å²) in [7, 11) is 0. The summed E-state index contributed by atoms with van der Waals surface area (Å²) < 4.78 is 0. The second kappa shape index (κ2) is 8.17. The summed E-state index contributed by atoms with van der Waals surface area (Å²) in [4.78, 5) is 16.1. The maximum Gasteiger partial charge on any atom is 0.134 e. The molecule has 1 aromatic rings. The van der Waals surface area contributed by atoms with Crippen molar-refractivity contribution >= 4 is 23.4 Å². The summed E-state index contributed by atoms with van der Waals surface area (Å²) in [5.41, 5.74) is 0. The first kappa shape index (κ1) is 16.8. The number of hydrogen-bond acceptors (Lipinski definition) is 7. The molecule has 2 aliphatic rings. The minimum absolute atomic E-state index is 0.227. The van der Waals surface area contributed by atoms with E-state index in [0.29, 0.717) is 0 Å². The van der Waals surface area contributed by atoms with Gasteiger partial charge in [-0.1, -0.05) is 0 Å². The maximum absolute atomic E-state index is 9.36. The van der Waals surface area contributed by atoms with Crippen molar-refractivity contribution in [2.24, 2.45) is 0 Å². The molecular weight excluding hydrogens is 310 g/mol. The third-order valence-electron chi connectivity index (χ3n) is 4.72. The van der Waals surface area contributed by atoms with Crippen LogP contribution in [0, 0.1) is 0 Å². The van der Waals surface area contributed by atoms with Gasteiger partial charge in [-0.05, 0) is 13.3 Å². The lowest BCUT2D eigenvalue weighted by Gasteiger charge is -2.29. The topological polar surface area (TPSA) is 55.7 Å². The van der Waals surface area contributed by atoms with Crippen LogP contribution in [0.25, 0.3) is 0 Å². The molecule has 3 heterocycles. The average molecular weight is 337 g/mol. The molecule has 0 aliphatic carbocycles. The second-order valence-electron chi connectivity index (χ2n) is 6.24. The molecular formula is C16H27N5OS. The molecule has 0 amide bonds. The minimum atomic E-state index is 0.227. The van der Waals surface area contributed by atoms with Crippen molar-refractivity contribution in [2.45, 2.75) is 19.4 Å². The average Bonchev–Trinajstić information content (AvgIpc) is 2.88. The summed E-state index contributed by atoms with van der Waals surface area (Å²) in [5.74, 6) is 4.44. The monoisotopic (exact) mass is 337 g/mol. The van der Waals surface area contributed by atoms with Gasteiger partial charge in [0.15, 0.2) is 0 Å². The Labute approximate surface area is 142 Å². The van der Waals surface area contributed by atoms with Crippen LogP contribution in [0.3, 0.4) is 0 Å². The van der Waals surface area contributed by atoms with Crippen molar-refractivity contribution in [2.75, 3.05) is 67.2 Å². The summed E-state index contributed by atoms with van der Waals surface area (Å²) in [6, 6.07) is 2.38. The summed E-state index contributed by atoms with van der Waals surface area (Å²) in [6.45, 7) is 8.45. The van der Waals surface area contributed by atoms with E-state index in [4.69, 9.17) is 0 Å². The largest absolute Gasteiger partial charge is 0.395 e. The third kappa shape index (κ3) is 4.28. The molecule has 1 unspecified atom stereocenters. The van der Waals surface area contributed by atoms with E-state index in [1.54, 1.807) is 6.33 Å². The molecule has 1 N–H and O–H groups in total. The van der Waals surface area contributed by atoms with E-state index in [0.717, 1.165) is 57.3 Å². The SMILES string of the molecule is CC(CO)N1CCCN(c2cc(N3CCSCC3)ncn2)CC1. The molecule has 0 aromatic carbocycles. The van der Waals surface area contributed by atoms with E-state index in [1.807, 2.05) is 11.8 Å². The Morgan fingerprint density at radius 3 is 2.43 bits per heavy atom. The van der Waals surface area contributed by atoms with Gasteiger partial charge in [-0.3, -0.25) is 4.90 Å². The lowest BCUT2D eigenvalue weighted by atomic mass is 10.3. The molecule has 0 radical (unpaired) electrons. The lowest BCUT2D eigenvalue weighted by Crippen LogP contribution is -2.38. The van der Waals surface area contributed by atoms with Gasteiger partial charge in [-0.25, -0.2) is 9.97 Å². The fraction of sp³-hybridized carbons (Fsp3) is 0.750. The first-order chi connectivity index (χ1) is 11.3. The second-order valence-corrected chi connectivity index (χ2v) is 7.47. The Morgan fingerprint density at radius 1 is 1.04 bits per heavy atom. The van der Waals surface area contributed by atoms with E-state index < -0.39 is 0 Å². The zero-order valence-corrected chi connectivity index (χ0v) is 14.7. The molecule has 23 heavy (non-hydrogen) atoms. The molecule has 1 atom stereocenters. The highest BCUT2D eigenvalue weighted by atomic mass is 32.2. The van der Waals surface area contributed by atoms with Crippen LogP contribution in [0.2, 0.25) is 0 Å². The predicted octanol–water partition coefficient (Wildman–Crippen LogP) is 0.923. The van der Waals surface area contributed by atoms with Crippen molar-refractivity contribution in [3.63, 3.8) is 0 Å². The number of aromatic nitrogens is 2.